The van der Waals surface area contributed by atoms with Crippen LogP contribution in [0.2, 0.25) is 0 Å². The molecule has 1 fully saturated rings. The van der Waals surface area contributed by atoms with Crippen molar-refractivity contribution in [2.75, 3.05) is 45.9 Å². The second kappa shape index (κ2) is 8.99. The van der Waals surface area contributed by atoms with Gasteiger partial charge in [0.05, 0.1) is 27.9 Å². The van der Waals surface area contributed by atoms with Crippen molar-refractivity contribution in [2.45, 2.75) is 19.8 Å². The number of rotatable bonds is 6. The van der Waals surface area contributed by atoms with Gasteiger partial charge < -0.3 is 23.8 Å². The number of carbonyl (C=O) groups excluding carboxylic acids is 1. The van der Waals surface area contributed by atoms with Crippen molar-refractivity contribution in [1.29, 1.82) is 5.26 Å². The second-order valence-electron chi connectivity index (χ2n) is 5.68. The van der Waals surface area contributed by atoms with Gasteiger partial charge in [0.1, 0.15) is 11.6 Å². The summed E-state index contributed by atoms with van der Waals surface area (Å²) in [7, 11) is 4.73. The standard InChI is InChI=1S/C19H24N2O5/c1-5-26-19(22)15(12-20)13-6-8-21(9-7-13)14-10-16(23-2)18(25-4)17(11-14)24-3/h10-11H,5-9H2,1-4H3. The summed E-state index contributed by atoms with van der Waals surface area (Å²) in [5, 5.41) is 9.28. The van der Waals surface area contributed by atoms with Crippen LogP contribution in [-0.2, 0) is 9.53 Å². The molecule has 26 heavy (non-hydrogen) atoms. The van der Waals surface area contributed by atoms with Gasteiger partial charge in [-0.05, 0) is 25.3 Å². The molecular formula is C19H24N2O5. The number of methoxy groups -OCH3 is 3. The van der Waals surface area contributed by atoms with Gasteiger partial charge in [0, 0.05) is 30.9 Å². The fourth-order valence-electron chi connectivity index (χ4n) is 3.01. The molecule has 7 heteroatoms. The van der Waals surface area contributed by atoms with Crippen LogP contribution in [0.5, 0.6) is 17.2 Å². The molecule has 2 rings (SSSR count). The van der Waals surface area contributed by atoms with Crippen LogP contribution in [0.4, 0.5) is 5.69 Å². The fourth-order valence-corrected chi connectivity index (χ4v) is 3.01. The molecule has 7 nitrogen and oxygen atoms in total. The Morgan fingerprint density at radius 1 is 1.12 bits per heavy atom. The Balaban J connectivity index is 2.22. The van der Waals surface area contributed by atoms with Gasteiger partial charge in [-0.15, -0.1) is 0 Å². The van der Waals surface area contributed by atoms with Crippen LogP contribution in [0.15, 0.2) is 23.3 Å². The van der Waals surface area contributed by atoms with Crippen LogP contribution < -0.4 is 19.1 Å². The second-order valence-corrected chi connectivity index (χ2v) is 5.68. The Bertz CT molecular complexity index is 701. The van der Waals surface area contributed by atoms with E-state index < -0.39 is 5.97 Å². The quantitative estimate of drug-likeness (QED) is 0.438. The van der Waals surface area contributed by atoms with Crippen molar-refractivity contribution < 1.29 is 23.7 Å². The van der Waals surface area contributed by atoms with Gasteiger partial charge in [-0.3, -0.25) is 0 Å². The van der Waals surface area contributed by atoms with Crippen LogP contribution in [0.25, 0.3) is 0 Å². The third kappa shape index (κ3) is 4.02. The lowest BCUT2D eigenvalue weighted by molar-refractivity contribution is -0.138. The molecule has 1 aliphatic rings. The average molecular weight is 360 g/mol. The molecule has 1 aliphatic heterocycles. The number of ether oxygens (including phenoxy) is 4. The Morgan fingerprint density at radius 2 is 1.69 bits per heavy atom. The Hall–Kier alpha value is -2.88. The van der Waals surface area contributed by atoms with Crippen molar-refractivity contribution >= 4 is 11.7 Å². The van der Waals surface area contributed by atoms with E-state index in [0.717, 1.165) is 11.3 Å². The number of nitrogens with zero attached hydrogens (tertiary/aromatic N) is 2. The predicted octanol–water partition coefficient (Wildman–Crippen LogP) is 2.70. The molecule has 140 valence electrons. The number of hydrogen-bond donors (Lipinski definition) is 0. The summed E-state index contributed by atoms with van der Waals surface area (Å²) in [6.45, 7) is 3.34. The first-order chi connectivity index (χ1) is 12.6. The molecule has 1 aromatic rings. The lowest BCUT2D eigenvalue weighted by atomic mass is 9.98. The van der Waals surface area contributed by atoms with Crippen LogP contribution >= 0.6 is 0 Å². The number of hydrogen-bond acceptors (Lipinski definition) is 7. The SMILES string of the molecule is CCOC(=O)C(C#N)=C1CCN(c2cc(OC)c(OC)c(OC)c2)CC1. The largest absolute Gasteiger partial charge is 0.493 e. The number of nitriles is 1. The Kier molecular flexibility index (Phi) is 6.73. The predicted molar refractivity (Wildman–Crippen MR) is 96.8 cm³/mol. The molecule has 0 aromatic heterocycles. The zero-order valence-electron chi connectivity index (χ0n) is 15.6. The minimum atomic E-state index is -0.536. The van der Waals surface area contributed by atoms with E-state index in [1.54, 1.807) is 28.3 Å². The number of anilines is 1. The molecule has 1 heterocycles. The normalized spacial score (nSPS) is 13.7. The van der Waals surface area contributed by atoms with Gasteiger partial charge >= 0.3 is 5.97 Å². The van der Waals surface area contributed by atoms with Gasteiger partial charge in [0.15, 0.2) is 11.5 Å². The summed E-state index contributed by atoms with van der Waals surface area (Å²) in [5.41, 5.74) is 1.92. The van der Waals surface area contributed by atoms with Gasteiger partial charge in [-0.2, -0.15) is 5.26 Å². The van der Waals surface area contributed by atoms with Crippen molar-refractivity contribution in [2.24, 2.45) is 0 Å². The average Bonchev–Trinajstić information content (AvgIpc) is 2.68. The summed E-state index contributed by atoms with van der Waals surface area (Å²) in [5.74, 6) is 1.19. The first kappa shape index (κ1) is 19.4. The molecule has 0 amide bonds. The summed E-state index contributed by atoms with van der Waals surface area (Å²) in [6, 6.07) is 5.78. The Morgan fingerprint density at radius 3 is 2.12 bits per heavy atom. The lowest BCUT2D eigenvalue weighted by Gasteiger charge is -2.31. The highest BCUT2D eigenvalue weighted by molar-refractivity contribution is 5.93. The number of piperidine rings is 1. The first-order valence-corrected chi connectivity index (χ1v) is 8.43. The summed E-state index contributed by atoms with van der Waals surface area (Å²) in [4.78, 5) is 14.1. The Labute approximate surface area is 153 Å². The van der Waals surface area contributed by atoms with E-state index in [4.69, 9.17) is 18.9 Å². The number of esters is 1. The van der Waals surface area contributed by atoms with Crippen LogP contribution in [0, 0.1) is 11.3 Å². The van der Waals surface area contributed by atoms with Crippen LogP contribution in [-0.4, -0.2) is 47.0 Å². The van der Waals surface area contributed by atoms with Gasteiger partial charge in [-0.25, -0.2) is 4.79 Å². The monoisotopic (exact) mass is 360 g/mol. The molecule has 0 radical (unpaired) electrons. The molecule has 0 N–H and O–H groups in total. The van der Waals surface area contributed by atoms with Crippen molar-refractivity contribution in [3.05, 3.63) is 23.3 Å². The topological polar surface area (TPSA) is 81.0 Å². The molecule has 0 unspecified atom stereocenters. The minimum Gasteiger partial charge on any atom is -0.493 e. The van der Waals surface area contributed by atoms with Gasteiger partial charge in [0.2, 0.25) is 5.75 Å². The zero-order valence-corrected chi connectivity index (χ0v) is 15.6. The zero-order chi connectivity index (χ0) is 19.1. The molecule has 0 saturated carbocycles. The maximum atomic E-state index is 11.9. The fraction of sp³-hybridized carbons (Fsp3) is 0.474. The summed E-state index contributed by atoms with van der Waals surface area (Å²) < 4.78 is 21.1. The molecule has 0 bridgehead atoms. The highest BCUT2D eigenvalue weighted by Gasteiger charge is 2.23. The van der Waals surface area contributed by atoms with E-state index in [1.165, 1.54) is 0 Å². The molecule has 0 spiro atoms. The van der Waals surface area contributed by atoms with Crippen LogP contribution in [0.3, 0.4) is 0 Å². The molecule has 0 atom stereocenters. The maximum absolute atomic E-state index is 11.9. The lowest BCUT2D eigenvalue weighted by Crippen LogP contribution is -2.31. The van der Waals surface area contributed by atoms with Gasteiger partial charge in [-0.1, -0.05) is 0 Å². The van der Waals surface area contributed by atoms with Crippen molar-refractivity contribution in [3.8, 4) is 23.3 Å². The van der Waals surface area contributed by atoms with E-state index >= 15 is 0 Å². The minimum absolute atomic E-state index is 0.136. The van der Waals surface area contributed by atoms with E-state index in [0.29, 0.717) is 43.2 Å². The maximum Gasteiger partial charge on any atom is 0.348 e. The third-order valence-corrected chi connectivity index (χ3v) is 4.33. The number of carbonyl (C=O) groups is 1. The molecule has 1 aromatic carbocycles. The number of benzene rings is 1. The molecular weight excluding hydrogens is 336 g/mol. The van der Waals surface area contributed by atoms with E-state index in [9.17, 15) is 10.1 Å². The van der Waals surface area contributed by atoms with E-state index in [1.807, 2.05) is 18.2 Å². The van der Waals surface area contributed by atoms with E-state index in [2.05, 4.69) is 4.90 Å². The van der Waals surface area contributed by atoms with Crippen LogP contribution in [0.1, 0.15) is 19.8 Å². The first-order valence-electron chi connectivity index (χ1n) is 8.43. The highest BCUT2D eigenvalue weighted by Crippen LogP contribution is 2.41. The molecule has 0 aliphatic carbocycles. The van der Waals surface area contributed by atoms with Gasteiger partial charge in [0.25, 0.3) is 0 Å². The van der Waals surface area contributed by atoms with E-state index in [-0.39, 0.29) is 12.2 Å². The molecule has 1 saturated heterocycles. The highest BCUT2D eigenvalue weighted by atomic mass is 16.5. The van der Waals surface area contributed by atoms with Crippen molar-refractivity contribution in [1.82, 2.24) is 0 Å². The summed E-state index contributed by atoms with van der Waals surface area (Å²) >= 11 is 0. The van der Waals surface area contributed by atoms with Crippen molar-refractivity contribution in [3.63, 3.8) is 0 Å². The summed E-state index contributed by atoms with van der Waals surface area (Å²) in [6.07, 6.45) is 1.25. The third-order valence-electron chi connectivity index (χ3n) is 4.33. The smallest absolute Gasteiger partial charge is 0.348 e.